The molecule has 0 bridgehead atoms. The molecule has 5 atom stereocenters. The first kappa shape index (κ1) is 26.6. The first-order valence-corrected chi connectivity index (χ1v) is 10.3. The van der Waals surface area contributed by atoms with Crippen molar-refractivity contribution in [1.82, 2.24) is 9.97 Å². The number of rotatable bonds is 8. The van der Waals surface area contributed by atoms with Crippen LogP contribution in [-0.4, -0.2) is 85.2 Å². The highest BCUT2D eigenvalue weighted by Gasteiger charge is 2.52. The molecule has 0 unspecified atom stereocenters. The van der Waals surface area contributed by atoms with Crippen molar-refractivity contribution in [2.75, 3.05) is 36.7 Å². The lowest BCUT2D eigenvalue weighted by atomic mass is 9.97. The van der Waals surface area contributed by atoms with E-state index in [1.54, 1.807) is 19.0 Å². The Kier molecular flexibility index (Phi) is 8.95. The summed E-state index contributed by atoms with van der Waals surface area (Å²) in [5, 5.41) is 2.92. The van der Waals surface area contributed by atoms with Gasteiger partial charge in [0.05, 0.1) is 11.9 Å². The molecule has 0 saturated carbocycles. The second-order valence-electron chi connectivity index (χ2n) is 7.63. The summed E-state index contributed by atoms with van der Waals surface area (Å²) in [5.74, 6) is -2.33. The lowest BCUT2D eigenvalue weighted by Gasteiger charge is -2.44. The lowest BCUT2D eigenvalue weighted by Crippen LogP contribution is -2.64. The van der Waals surface area contributed by atoms with Crippen LogP contribution < -0.4 is 16.0 Å². The number of anilines is 3. The summed E-state index contributed by atoms with van der Waals surface area (Å²) < 4.78 is 27.1. The molecule has 14 nitrogen and oxygen atoms in total. The Morgan fingerprint density at radius 2 is 1.53 bits per heavy atom. The molecule has 14 heteroatoms. The molecule has 1 fully saturated rings. The number of carbonyl (C=O) groups is 4. The van der Waals surface area contributed by atoms with Crippen LogP contribution in [0.1, 0.15) is 27.7 Å². The van der Waals surface area contributed by atoms with E-state index in [1.165, 1.54) is 13.1 Å². The first-order valence-electron chi connectivity index (χ1n) is 10.3. The monoisotopic (exact) mass is 483 g/mol. The average Bonchev–Trinajstić information content (AvgIpc) is 2.71. The standard InChI is InChI=1S/C20H29N5O9/c1-9(26)30-8-14-15(31-10(2)27)16(32-11(3)28)17(33-12(4)29)19(34-14)23-18-13(21)7-22-20(24-18)25(5)6/h7,14-17,19H,8,21H2,1-6H3,(H,22,23,24)/t14-,15-,16+,17-,19-/m1/s1. The second-order valence-corrected chi connectivity index (χ2v) is 7.63. The summed E-state index contributed by atoms with van der Waals surface area (Å²) in [6.07, 6.45) is -4.80. The third-order valence-corrected chi connectivity index (χ3v) is 4.47. The Balaban J connectivity index is 2.51. The van der Waals surface area contributed by atoms with Gasteiger partial charge in [-0.2, -0.15) is 4.98 Å². The van der Waals surface area contributed by atoms with Crippen molar-refractivity contribution < 1.29 is 42.9 Å². The van der Waals surface area contributed by atoms with Crippen molar-refractivity contribution in [3.63, 3.8) is 0 Å². The first-order chi connectivity index (χ1) is 15.9. The van der Waals surface area contributed by atoms with Crippen molar-refractivity contribution in [2.24, 2.45) is 0 Å². The summed E-state index contributed by atoms with van der Waals surface area (Å²) in [6, 6.07) is 0. The van der Waals surface area contributed by atoms with Crippen molar-refractivity contribution in [3.05, 3.63) is 6.20 Å². The molecule has 1 aromatic rings. The topological polar surface area (TPSA) is 181 Å². The van der Waals surface area contributed by atoms with E-state index in [4.69, 9.17) is 29.4 Å². The summed E-state index contributed by atoms with van der Waals surface area (Å²) in [5.41, 5.74) is 6.15. The van der Waals surface area contributed by atoms with Gasteiger partial charge in [-0.1, -0.05) is 0 Å². The fourth-order valence-electron chi connectivity index (χ4n) is 3.19. The molecule has 1 aliphatic heterocycles. The van der Waals surface area contributed by atoms with Gasteiger partial charge in [0, 0.05) is 41.8 Å². The van der Waals surface area contributed by atoms with Gasteiger partial charge in [-0.3, -0.25) is 19.2 Å². The highest BCUT2D eigenvalue weighted by atomic mass is 16.7. The number of carbonyl (C=O) groups excluding carboxylic acids is 4. The number of hydrogen-bond donors (Lipinski definition) is 2. The van der Waals surface area contributed by atoms with Crippen LogP contribution in [0.2, 0.25) is 0 Å². The Bertz CT molecular complexity index is 926. The second kappa shape index (κ2) is 11.4. The molecule has 0 radical (unpaired) electrons. The van der Waals surface area contributed by atoms with Gasteiger partial charge in [0.25, 0.3) is 0 Å². The van der Waals surface area contributed by atoms with Gasteiger partial charge < -0.3 is 39.6 Å². The van der Waals surface area contributed by atoms with E-state index in [0.29, 0.717) is 5.95 Å². The van der Waals surface area contributed by atoms with Crippen LogP contribution in [0, 0.1) is 0 Å². The molecule has 0 spiro atoms. The maximum Gasteiger partial charge on any atom is 0.303 e. The van der Waals surface area contributed by atoms with Gasteiger partial charge in [-0.05, 0) is 0 Å². The number of esters is 4. The van der Waals surface area contributed by atoms with Crippen LogP contribution in [0.3, 0.4) is 0 Å². The van der Waals surface area contributed by atoms with E-state index in [0.717, 1.165) is 20.8 Å². The largest absolute Gasteiger partial charge is 0.463 e. The molecule has 1 saturated heterocycles. The van der Waals surface area contributed by atoms with Crippen molar-refractivity contribution in [1.29, 1.82) is 0 Å². The molecule has 2 rings (SSSR count). The summed E-state index contributed by atoms with van der Waals surface area (Å²) in [4.78, 5) is 57.0. The van der Waals surface area contributed by atoms with E-state index in [1.807, 2.05) is 0 Å². The van der Waals surface area contributed by atoms with Gasteiger partial charge in [0.15, 0.2) is 30.4 Å². The molecule has 188 valence electrons. The molecule has 34 heavy (non-hydrogen) atoms. The Morgan fingerprint density at radius 1 is 0.971 bits per heavy atom. The maximum absolute atomic E-state index is 11.9. The molecule has 2 heterocycles. The van der Waals surface area contributed by atoms with E-state index in [2.05, 4.69) is 15.3 Å². The van der Waals surface area contributed by atoms with Gasteiger partial charge in [-0.25, -0.2) is 4.98 Å². The van der Waals surface area contributed by atoms with Gasteiger partial charge in [0.1, 0.15) is 12.7 Å². The smallest absolute Gasteiger partial charge is 0.303 e. The summed E-state index contributed by atoms with van der Waals surface area (Å²) in [7, 11) is 3.45. The molecular formula is C20H29N5O9. The van der Waals surface area contributed by atoms with Gasteiger partial charge in [0.2, 0.25) is 5.95 Å². The Hall–Kier alpha value is -3.68. The molecule has 1 aromatic heterocycles. The number of hydrogen-bond acceptors (Lipinski definition) is 14. The number of ether oxygens (including phenoxy) is 5. The van der Waals surface area contributed by atoms with Gasteiger partial charge in [-0.15, -0.1) is 0 Å². The molecule has 3 N–H and O–H groups in total. The van der Waals surface area contributed by atoms with E-state index in [9.17, 15) is 19.2 Å². The fourth-order valence-corrected chi connectivity index (χ4v) is 3.19. The number of nitrogens with one attached hydrogen (secondary N) is 1. The Labute approximate surface area is 196 Å². The van der Waals surface area contributed by atoms with Crippen LogP contribution in [-0.2, 0) is 42.9 Å². The fraction of sp³-hybridized carbons (Fsp3) is 0.600. The molecule has 0 amide bonds. The predicted octanol–water partition coefficient (Wildman–Crippen LogP) is -0.380. The average molecular weight is 483 g/mol. The molecular weight excluding hydrogens is 454 g/mol. The van der Waals surface area contributed by atoms with Crippen molar-refractivity contribution >= 4 is 41.3 Å². The molecule has 0 aromatic carbocycles. The van der Waals surface area contributed by atoms with E-state index < -0.39 is 54.5 Å². The van der Waals surface area contributed by atoms with Crippen LogP contribution in [0.15, 0.2) is 6.20 Å². The Morgan fingerprint density at radius 3 is 2.06 bits per heavy atom. The zero-order valence-electron chi connectivity index (χ0n) is 19.8. The highest BCUT2D eigenvalue weighted by Crippen LogP contribution is 2.31. The molecule has 1 aliphatic rings. The third kappa shape index (κ3) is 7.16. The predicted molar refractivity (Wildman–Crippen MR) is 116 cm³/mol. The minimum absolute atomic E-state index is 0.139. The number of nitrogens with zero attached hydrogens (tertiary/aromatic N) is 3. The highest BCUT2D eigenvalue weighted by molar-refractivity contribution is 5.69. The molecule has 0 aliphatic carbocycles. The maximum atomic E-state index is 11.9. The van der Waals surface area contributed by atoms with Crippen LogP contribution in [0.5, 0.6) is 0 Å². The van der Waals surface area contributed by atoms with Crippen LogP contribution >= 0.6 is 0 Å². The van der Waals surface area contributed by atoms with Gasteiger partial charge >= 0.3 is 23.9 Å². The number of aromatic nitrogens is 2. The third-order valence-electron chi connectivity index (χ3n) is 4.47. The van der Waals surface area contributed by atoms with Crippen molar-refractivity contribution in [2.45, 2.75) is 58.3 Å². The van der Waals surface area contributed by atoms with Crippen molar-refractivity contribution in [3.8, 4) is 0 Å². The number of nitrogens with two attached hydrogens (primary N) is 1. The normalized spacial score (nSPS) is 23.9. The minimum Gasteiger partial charge on any atom is -0.463 e. The SMILES string of the molecule is CC(=O)OC[C@H]1O[C@@H](Nc2nc(N(C)C)ncc2N)[C@H](OC(C)=O)[C@@H](OC(C)=O)[C@@H]1OC(C)=O. The zero-order valence-corrected chi connectivity index (χ0v) is 19.8. The number of nitrogen functional groups attached to an aromatic ring is 1. The van der Waals surface area contributed by atoms with Crippen LogP contribution in [0.4, 0.5) is 17.5 Å². The van der Waals surface area contributed by atoms with Crippen LogP contribution in [0.25, 0.3) is 0 Å². The zero-order chi connectivity index (χ0) is 25.6. The van der Waals surface area contributed by atoms with E-state index in [-0.39, 0.29) is 18.1 Å². The lowest BCUT2D eigenvalue weighted by molar-refractivity contribution is -0.247. The van der Waals surface area contributed by atoms with E-state index >= 15 is 0 Å². The summed E-state index contributed by atoms with van der Waals surface area (Å²) >= 11 is 0. The summed E-state index contributed by atoms with van der Waals surface area (Å²) in [6.45, 7) is 4.27. The minimum atomic E-state index is -1.31. The quantitative estimate of drug-likeness (QED) is 0.360.